The van der Waals surface area contributed by atoms with Crippen molar-refractivity contribution in [1.82, 2.24) is 0 Å². The Bertz CT molecular complexity index is 1550. The van der Waals surface area contributed by atoms with E-state index >= 15 is 0 Å². The Balaban J connectivity index is 2.47. The van der Waals surface area contributed by atoms with E-state index in [0.717, 1.165) is 20.8 Å². The van der Waals surface area contributed by atoms with Gasteiger partial charge in [0.1, 0.15) is 23.4 Å². The molecule has 3 rings (SSSR count). The van der Waals surface area contributed by atoms with E-state index in [2.05, 4.69) is 6.58 Å². The second kappa shape index (κ2) is 15.9. The van der Waals surface area contributed by atoms with E-state index in [0.29, 0.717) is 6.42 Å². The Hall–Kier alpha value is -4.36. The summed E-state index contributed by atoms with van der Waals surface area (Å²) < 4.78 is 29.2. The number of rotatable bonds is 8. The van der Waals surface area contributed by atoms with Gasteiger partial charge in [0.15, 0.2) is 24.1 Å². The summed E-state index contributed by atoms with van der Waals surface area (Å²) in [7, 11) is 0. The molecule has 0 heterocycles. The molecule has 2 N–H and O–H groups in total. The molecule has 0 radical (unpaired) electrons. The molecule has 0 saturated heterocycles. The fourth-order valence-electron chi connectivity index (χ4n) is 6.82. The second-order valence-corrected chi connectivity index (χ2v) is 14.3. The molecular formula is C38H50O13. The summed E-state index contributed by atoms with van der Waals surface area (Å²) in [4.78, 5) is 79.4. The second-order valence-electron chi connectivity index (χ2n) is 14.3. The Morgan fingerprint density at radius 3 is 2.04 bits per heavy atom. The summed E-state index contributed by atoms with van der Waals surface area (Å²) >= 11 is 0. The lowest BCUT2D eigenvalue weighted by molar-refractivity contribution is -0.186. The van der Waals surface area contributed by atoms with Gasteiger partial charge >= 0.3 is 29.8 Å². The van der Waals surface area contributed by atoms with Crippen LogP contribution in [0.25, 0.3) is 0 Å². The van der Waals surface area contributed by atoms with Crippen molar-refractivity contribution in [3.63, 3.8) is 0 Å². The van der Waals surface area contributed by atoms with Crippen LogP contribution >= 0.6 is 0 Å². The standard InChI is InChI=1S/C38H50O13/c1-11-20(2)34(44)49-28-22(4)29(50-35(45)26-15-13-12-14-16-26)30(47-23(5)39)33(48-24(6)40)36(8,9)18-17-21(3)31(42)38(46)19-37(10,51-25(7)41)32(43)27(28)38/h12-18,20-21,27-30,32-33,43,46H,4,11,19H2,1-3,5-10H3/b18-17+/t20?,21-,27-,28+,29-,30+,32+,33+,37+,38+/m0/s1. The lowest BCUT2D eigenvalue weighted by atomic mass is 9.72. The van der Waals surface area contributed by atoms with E-state index in [1.807, 2.05) is 0 Å². The molecule has 0 aromatic heterocycles. The molecule has 51 heavy (non-hydrogen) atoms. The van der Waals surface area contributed by atoms with Gasteiger partial charge in [-0.2, -0.15) is 0 Å². The molecule has 1 saturated carbocycles. The first-order valence-corrected chi connectivity index (χ1v) is 16.9. The maximum atomic E-state index is 14.4. The molecule has 13 heteroatoms. The third-order valence-electron chi connectivity index (χ3n) is 9.65. The molecule has 1 unspecified atom stereocenters. The summed E-state index contributed by atoms with van der Waals surface area (Å²) in [6.45, 7) is 16.9. The van der Waals surface area contributed by atoms with Crippen LogP contribution in [-0.2, 0) is 47.7 Å². The molecule has 10 atom stereocenters. The molecule has 1 aromatic carbocycles. The molecule has 0 amide bonds. The van der Waals surface area contributed by atoms with Gasteiger partial charge in [-0.15, -0.1) is 0 Å². The number of carbonyl (C=O) groups excluding carboxylic acids is 6. The number of fused-ring (bicyclic) bond motifs is 1. The highest BCUT2D eigenvalue weighted by Crippen LogP contribution is 2.51. The number of aliphatic hydroxyl groups excluding tert-OH is 1. The number of esters is 5. The monoisotopic (exact) mass is 714 g/mol. The predicted octanol–water partition coefficient (Wildman–Crippen LogP) is 3.82. The highest BCUT2D eigenvalue weighted by molar-refractivity contribution is 5.92. The van der Waals surface area contributed by atoms with Crippen LogP contribution in [0, 0.1) is 23.2 Å². The van der Waals surface area contributed by atoms with Gasteiger partial charge in [-0.3, -0.25) is 24.0 Å². The van der Waals surface area contributed by atoms with E-state index < -0.39 is 107 Å². The van der Waals surface area contributed by atoms with Gasteiger partial charge in [-0.1, -0.05) is 71.5 Å². The van der Waals surface area contributed by atoms with Crippen molar-refractivity contribution < 1.29 is 62.7 Å². The fraction of sp³-hybridized carbons (Fsp3) is 0.579. The highest BCUT2D eigenvalue weighted by atomic mass is 16.6. The Labute approximate surface area is 298 Å². The number of hydrogen-bond acceptors (Lipinski definition) is 13. The largest absolute Gasteiger partial charge is 0.458 e. The van der Waals surface area contributed by atoms with Gasteiger partial charge in [0, 0.05) is 44.1 Å². The summed E-state index contributed by atoms with van der Waals surface area (Å²) in [5.41, 5.74) is -5.92. The van der Waals surface area contributed by atoms with Crippen molar-refractivity contribution in [3.05, 3.63) is 60.2 Å². The first-order valence-electron chi connectivity index (χ1n) is 16.9. The van der Waals surface area contributed by atoms with Crippen LogP contribution in [-0.4, -0.2) is 87.6 Å². The normalized spacial score (nSPS) is 33.3. The average molecular weight is 715 g/mol. The van der Waals surface area contributed by atoms with Crippen LogP contribution < -0.4 is 0 Å². The minimum Gasteiger partial charge on any atom is -0.458 e. The first-order chi connectivity index (χ1) is 23.6. The highest BCUT2D eigenvalue weighted by Gasteiger charge is 2.68. The van der Waals surface area contributed by atoms with Gasteiger partial charge in [-0.05, 0) is 25.5 Å². The Kier molecular flexibility index (Phi) is 12.8. The van der Waals surface area contributed by atoms with Crippen LogP contribution in [0.5, 0.6) is 0 Å². The van der Waals surface area contributed by atoms with E-state index in [9.17, 15) is 39.0 Å². The van der Waals surface area contributed by atoms with Gasteiger partial charge in [0.25, 0.3) is 0 Å². The average Bonchev–Trinajstić information content (AvgIpc) is 3.25. The molecule has 2 aliphatic carbocycles. The summed E-state index contributed by atoms with van der Waals surface area (Å²) in [6.07, 6.45) is -5.86. The zero-order valence-electron chi connectivity index (χ0n) is 30.7. The van der Waals surface area contributed by atoms with Crippen molar-refractivity contribution in [3.8, 4) is 0 Å². The van der Waals surface area contributed by atoms with Crippen LogP contribution in [0.2, 0.25) is 0 Å². The van der Waals surface area contributed by atoms with E-state index in [4.69, 9.17) is 23.7 Å². The zero-order valence-corrected chi connectivity index (χ0v) is 30.7. The minimum absolute atomic E-state index is 0.0678. The summed E-state index contributed by atoms with van der Waals surface area (Å²) in [6, 6.07) is 7.76. The topological polar surface area (TPSA) is 189 Å². The number of hydrogen-bond donors (Lipinski definition) is 2. The molecular weight excluding hydrogens is 664 g/mol. The maximum absolute atomic E-state index is 14.4. The predicted molar refractivity (Wildman–Crippen MR) is 182 cm³/mol. The number of Topliss-reactive ketones (excluding diaryl/α,β-unsaturated/α-hetero) is 1. The molecule has 1 aromatic rings. The lowest BCUT2D eigenvalue weighted by Gasteiger charge is -2.43. The van der Waals surface area contributed by atoms with Gasteiger partial charge in [0.05, 0.1) is 17.4 Å². The van der Waals surface area contributed by atoms with Gasteiger partial charge in [0.2, 0.25) is 0 Å². The van der Waals surface area contributed by atoms with Crippen molar-refractivity contribution in [1.29, 1.82) is 0 Å². The lowest BCUT2D eigenvalue weighted by Crippen LogP contribution is -2.58. The van der Waals surface area contributed by atoms with Crippen molar-refractivity contribution in [2.24, 2.45) is 23.2 Å². The third kappa shape index (κ3) is 8.93. The Morgan fingerprint density at radius 2 is 1.51 bits per heavy atom. The minimum atomic E-state index is -2.53. The molecule has 280 valence electrons. The van der Waals surface area contributed by atoms with Crippen LogP contribution in [0.4, 0.5) is 0 Å². The molecule has 1 fully saturated rings. The van der Waals surface area contributed by atoms with Gasteiger partial charge in [-0.25, -0.2) is 4.79 Å². The number of benzene rings is 1. The molecule has 0 spiro atoms. The number of ether oxygens (including phenoxy) is 5. The van der Waals surface area contributed by atoms with E-state index in [-0.39, 0.29) is 11.1 Å². The Morgan fingerprint density at radius 1 is 0.922 bits per heavy atom. The fourth-order valence-corrected chi connectivity index (χ4v) is 6.82. The number of ketones is 1. The first kappa shape index (κ1) is 41.1. The smallest absolute Gasteiger partial charge is 0.338 e. The zero-order chi connectivity index (χ0) is 38.6. The van der Waals surface area contributed by atoms with Gasteiger partial charge < -0.3 is 33.9 Å². The maximum Gasteiger partial charge on any atom is 0.338 e. The molecule has 2 aliphatic rings. The molecule has 0 aliphatic heterocycles. The molecule has 13 nitrogen and oxygen atoms in total. The molecule has 0 bridgehead atoms. The van der Waals surface area contributed by atoms with Crippen LogP contribution in [0.15, 0.2) is 54.6 Å². The van der Waals surface area contributed by atoms with Crippen molar-refractivity contribution in [2.45, 2.75) is 117 Å². The summed E-state index contributed by atoms with van der Waals surface area (Å²) in [5.74, 6) is -8.61. The number of aliphatic hydroxyl groups is 2. The third-order valence-corrected chi connectivity index (χ3v) is 9.65. The number of carbonyl (C=O) groups is 6. The number of allylic oxidation sites excluding steroid dienone is 1. The van der Waals surface area contributed by atoms with Crippen molar-refractivity contribution >= 4 is 35.6 Å². The SMILES string of the molecule is C=C1[C@@H](OC(=O)C(C)CC)[C@H]2[C@@H](O)[C@](C)(OC(C)=O)C[C@]2(O)C(=O)[C@@H](C)/C=C/C(C)(C)[C@H](OC(C)=O)[C@H](OC(C)=O)[C@H]1OC(=O)c1ccccc1. The van der Waals surface area contributed by atoms with Crippen molar-refractivity contribution in [2.75, 3.05) is 0 Å². The van der Waals surface area contributed by atoms with Crippen LogP contribution in [0.3, 0.4) is 0 Å². The van der Waals surface area contributed by atoms with E-state index in [1.165, 1.54) is 38.1 Å². The van der Waals surface area contributed by atoms with Crippen LogP contribution in [0.1, 0.15) is 85.5 Å². The summed E-state index contributed by atoms with van der Waals surface area (Å²) in [5, 5.41) is 24.5. The van der Waals surface area contributed by atoms with E-state index in [1.54, 1.807) is 45.9 Å². The quantitative estimate of drug-likeness (QED) is 0.225.